The van der Waals surface area contributed by atoms with Crippen molar-refractivity contribution < 1.29 is 13.6 Å². The van der Waals surface area contributed by atoms with E-state index in [1.165, 1.54) is 12.1 Å². The molecule has 2 nitrogen and oxygen atoms in total. The lowest BCUT2D eigenvalue weighted by Gasteiger charge is -2.04. The number of carbonyl (C=O) groups is 1. The van der Waals surface area contributed by atoms with Crippen molar-refractivity contribution in [2.45, 2.75) is 27.2 Å². The van der Waals surface area contributed by atoms with Gasteiger partial charge in [-0.05, 0) is 38.5 Å². The van der Waals surface area contributed by atoms with Gasteiger partial charge >= 0.3 is 0 Å². The Bertz CT molecular complexity index is 644. The molecule has 1 aromatic heterocycles. The smallest absolute Gasteiger partial charge is 0.171 e. The highest BCUT2D eigenvalue weighted by Crippen LogP contribution is 2.25. The Hall–Kier alpha value is -1.42. The molecule has 0 spiro atoms. The first-order valence-electron chi connectivity index (χ1n) is 5.94. The molecule has 19 heavy (non-hydrogen) atoms. The highest BCUT2D eigenvalue weighted by Gasteiger charge is 2.19. The van der Waals surface area contributed by atoms with Crippen LogP contribution in [0.2, 0.25) is 0 Å². The van der Waals surface area contributed by atoms with E-state index < -0.39 is 0 Å². The topological polar surface area (TPSA) is 30.2 Å². The molecular weight excluding hydrogens is 311 g/mol. The summed E-state index contributed by atoms with van der Waals surface area (Å²) in [6.45, 7) is 5.50. The Morgan fingerprint density at radius 3 is 2.47 bits per heavy atom. The van der Waals surface area contributed by atoms with Crippen molar-refractivity contribution in [1.29, 1.82) is 0 Å². The number of benzene rings is 1. The maximum atomic E-state index is 13.0. The third-order valence-corrected chi connectivity index (χ3v) is 3.94. The fourth-order valence-corrected chi connectivity index (χ4v) is 2.62. The first-order chi connectivity index (χ1) is 8.90. The zero-order chi connectivity index (χ0) is 14.2. The largest absolute Gasteiger partial charge is 0.466 e. The van der Waals surface area contributed by atoms with Crippen LogP contribution in [-0.2, 0) is 6.42 Å². The van der Waals surface area contributed by atoms with Crippen LogP contribution in [0, 0.1) is 26.6 Å². The van der Waals surface area contributed by atoms with E-state index in [0.717, 1.165) is 16.9 Å². The number of ketones is 1. The minimum absolute atomic E-state index is 0.0147. The van der Waals surface area contributed by atoms with Gasteiger partial charge in [-0.25, -0.2) is 4.39 Å². The molecule has 0 radical (unpaired) electrons. The molecule has 0 N–H and O–H groups in total. The van der Waals surface area contributed by atoms with Crippen LogP contribution in [0.1, 0.15) is 33.0 Å². The summed E-state index contributed by atoms with van der Waals surface area (Å²) in [6, 6.07) is 4.34. The number of furan rings is 1. The van der Waals surface area contributed by atoms with E-state index in [1.54, 1.807) is 13.0 Å². The van der Waals surface area contributed by atoms with Crippen LogP contribution in [0.25, 0.3) is 0 Å². The minimum Gasteiger partial charge on any atom is -0.466 e. The molecule has 0 atom stereocenters. The molecule has 4 heteroatoms. The second kappa shape index (κ2) is 5.29. The second-order valence-electron chi connectivity index (χ2n) is 4.55. The van der Waals surface area contributed by atoms with Crippen LogP contribution < -0.4 is 0 Å². The van der Waals surface area contributed by atoms with Gasteiger partial charge in [0.1, 0.15) is 17.3 Å². The zero-order valence-corrected chi connectivity index (χ0v) is 12.6. The maximum absolute atomic E-state index is 13.0. The summed E-state index contributed by atoms with van der Waals surface area (Å²) in [6.07, 6.45) is 0.224. The van der Waals surface area contributed by atoms with Gasteiger partial charge in [0.2, 0.25) is 0 Å². The Morgan fingerprint density at radius 1 is 1.26 bits per heavy atom. The van der Waals surface area contributed by atoms with E-state index in [9.17, 15) is 9.18 Å². The molecule has 1 heterocycles. The third kappa shape index (κ3) is 2.78. The normalized spacial score (nSPS) is 10.8. The minimum atomic E-state index is -0.324. The van der Waals surface area contributed by atoms with Crippen molar-refractivity contribution in [1.82, 2.24) is 0 Å². The first-order valence-corrected chi connectivity index (χ1v) is 6.73. The van der Waals surface area contributed by atoms with Crippen LogP contribution in [0.15, 0.2) is 27.1 Å². The van der Waals surface area contributed by atoms with Crippen molar-refractivity contribution in [3.8, 4) is 0 Å². The lowest BCUT2D eigenvalue weighted by atomic mass is 10.00. The molecule has 0 amide bonds. The highest BCUT2D eigenvalue weighted by molar-refractivity contribution is 9.10. The molecule has 0 aliphatic heterocycles. The van der Waals surface area contributed by atoms with Crippen LogP contribution in [0.4, 0.5) is 4.39 Å². The molecule has 100 valence electrons. The predicted molar refractivity (Wildman–Crippen MR) is 75.1 cm³/mol. The van der Waals surface area contributed by atoms with Gasteiger partial charge in [0, 0.05) is 16.5 Å². The highest BCUT2D eigenvalue weighted by atomic mass is 79.9. The number of hydrogen-bond donors (Lipinski definition) is 0. The molecule has 0 bridgehead atoms. The standard InChI is InChI=1S/C15H14BrFO2/c1-8-9(2)19-10(3)15(8)14(18)6-11-4-5-12(17)7-13(11)16/h4-5,7H,6H2,1-3H3. The van der Waals surface area contributed by atoms with Gasteiger partial charge in [0.05, 0.1) is 5.56 Å². The Morgan fingerprint density at radius 2 is 1.95 bits per heavy atom. The Kier molecular flexibility index (Phi) is 3.90. The number of Topliss-reactive ketones (excluding diaryl/α,β-unsaturated/α-hetero) is 1. The van der Waals surface area contributed by atoms with Crippen molar-refractivity contribution in [2.24, 2.45) is 0 Å². The van der Waals surface area contributed by atoms with Crippen molar-refractivity contribution in [3.05, 3.63) is 56.7 Å². The van der Waals surface area contributed by atoms with Gasteiger partial charge < -0.3 is 4.42 Å². The molecule has 0 fully saturated rings. The predicted octanol–water partition coefficient (Wildman–Crippen LogP) is 4.53. The summed E-state index contributed by atoms with van der Waals surface area (Å²) in [5, 5.41) is 0. The summed E-state index contributed by atoms with van der Waals surface area (Å²) < 4.78 is 19.1. The van der Waals surface area contributed by atoms with E-state index in [0.29, 0.717) is 15.8 Å². The number of rotatable bonds is 3. The summed E-state index contributed by atoms with van der Waals surface area (Å²) in [4.78, 5) is 12.3. The molecule has 2 rings (SSSR count). The van der Waals surface area contributed by atoms with Crippen LogP contribution in [0.5, 0.6) is 0 Å². The van der Waals surface area contributed by atoms with Gasteiger partial charge in [-0.15, -0.1) is 0 Å². The zero-order valence-electron chi connectivity index (χ0n) is 11.0. The quantitative estimate of drug-likeness (QED) is 0.776. The molecule has 0 aliphatic rings. The third-order valence-electron chi connectivity index (χ3n) is 3.21. The molecule has 0 aliphatic carbocycles. The fraction of sp³-hybridized carbons (Fsp3) is 0.267. The van der Waals surface area contributed by atoms with Gasteiger partial charge in [-0.3, -0.25) is 4.79 Å². The van der Waals surface area contributed by atoms with Crippen LogP contribution in [-0.4, -0.2) is 5.78 Å². The van der Waals surface area contributed by atoms with E-state index in [2.05, 4.69) is 15.9 Å². The molecule has 1 aromatic carbocycles. The van der Waals surface area contributed by atoms with Crippen molar-refractivity contribution >= 4 is 21.7 Å². The van der Waals surface area contributed by atoms with Gasteiger partial charge in [0.15, 0.2) is 5.78 Å². The van der Waals surface area contributed by atoms with E-state index in [1.807, 2.05) is 13.8 Å². The monoisotopic (exact) mass is 324 g/mol. The molecule has 2 aromatic rings. The average molecular weight is 325 g/mol. The van der Waals surface area contributed by atoms with E-state index >= 15 is 0 Å². The first kappa shape index (κ1) is 14.0. The number of carbonyl (C=O) groups excluding carboxylic acids is 1. The van der Waals surface area contributed by atoms with Crippen LogP contribution >= 0.6 is 15.9 Å². The summed E-state index contributed by atoms with van der Waals surface area (Å²) >= 11 is 3.27. The summed E-state index contributed by atoms with van der Waals surface area (Å²) in [7, 11) is 0. The van der Waals surface area contributed by atoms with E-state index in [4.69, 9.17) is 4.42 Å². The Balaban J connectivity index is 2.31. The molecule has 0 saturated carbocycles. The van der Waals surface area contributed by atoms with Gasteiger partial charge in [-0.2, -0.15) is 0 Å². The van der Waals surface area contributed by atoms with Gasteiger partial charge in [0.25, 0.3) is 0 Å². The van der Waals surface area contributed by atoms with E-state index in [-0.39, 0.29) is 18.0 Å². The SMILES string of the molecule is Cc1oc(C)c(C(=O)Cc2ccc(F)cc2Br)c1C. The van der Waals surface area contributed by atoms with Gasteiger partial charge in [-0.1, -0.05) is 22.0 Å². The number of halogens is 2. The average Bonchev–Trinajstić information content (AvgIpc) is 2.57. The fourth-order valence-electron chi connectivity index (χ4n) is 2.13. The second-order valence-corrected chi connectivity index (χ2v) is 5.40. The molecular formula is C15H14BrFO2. The molecule has 0 saturated heterocycles. The lowest BCUT2D eigenvalue weighted by Crippen LogP contribution is -2.06. The number of aryl methyl sites for hydroxylation is 2. The molecule has 0 unspecified atom stereocenters. The van der Waals surface area contributed by atoms with Crippen molar-refractivity contribution in [3.63, 3.8) is 0 Å². The Labute approximate surface area is 119 Å². The summed E-state index contributed by atoms with van der Waals surface area (Å²) in [5.74, 6) is 1.06. The van der Waals surface area contributed by atoms with Crippen molar-refractivity contribution in [2.75, 3.05) is 0 Å². The van der Waals surface area contributed by atoms with Crippen LogP contribution in [0.3, 0.4) is 0 Å². The summed E-state index contributed by atoms with van der Waals surface area (Å²) in [5.41, 5.74) is 2.28. The number of hydrogen-bond acceptors (Lipinski definition) is 2. The lowest BCUT2D eigenvalue weighted by molar-refractivity contribution is 0.0991. The maximum Gasteiger partial charge on any atom is 0.171 e.